The summed E-state index contributed by atoms with van der Waals surface area (Å²) in [5.74, 6) is 0.994. The lowest BCUT2D eigenvalue weighted by Crippen LogP contribution is -2.52. The van der Waals surface area contributed by atoms with Gasteiger partial charge in [0.15, 0.2) is 5.96 Å². The normalized spacial score (nSPS) is 14.6. The highest BCUT2D eigenvalue weighted by molar-refractivity contribution is 14.0. The molecule has 0 bridgehead atoms. The second-order valence-corrected chi connectivity index (χ2v) is 6.15. The molecule has 2 N–H and O–H groups in total. The summed E-state index contributed by atoms with van der Waals surface area (Å²) in [6, 6.07) is 10.5. The van der Waals surface area contributed by atoms with Crippen molar-refractivity contribution in [2.45, 2.75) is 26.7 Å². The van der Waals surface area contributed by atoms with Crippen molar-refractivity contribution in [2.24, 2.45) is 4.99 Å². The first-order valence-corrected chi connectivity index (χ1v) is 9.34. The monoisotopic (exact) mass is 473 g/mol. The minimum Gasteiger partial charge on any atom is -0.368 e. The van der Waals surface area contributed by atoms with E-state index < -0.39 is 0 Å². The number of hydrogen-bond donors (Lipinski definition) is 2. The summed E-state index contributed by atoms with van der Waals surface area (Å²) < 4.78 is 0. The van der Waals surface area contributed by atoms with E-state index in [2.05, 4.69) is 63.5 Å². The van der Waals surface area contributed by atoms with Crippen LogP contribution >= 0.6 is 24.0 Å². The Kier molecular flexibility index (Phi) is 11.1. The zero-order valence-corrected chi connectivity index (χ0v) is 18.2. The molecule has 0 aromatic heterocycles. The number of para-hydroxylation sites is 1. The molecule has 0 atom stereocenters. The summed E-state index contributed by atoms with van der Waals surface area (Å²) in [7, 11) is 0. The summed E-state index contributed by atoms with van der Waals surface area (Å²) in [5, 5.41) is 6.24. The molecule has 2 rings (SSSR count). The van der Waals surface area contributed by atoms with Crippen LogP contribution < -0.4 is 15.5 Å². The van der Waals surface area contributed by atoms with Gasteiger partial charge in [-0.2, -0.15) is 0 Å². The molecule has 0 unspecified atom stereocenters. The molecule has 7 heteroatoms. The smallest absolute Gasteiger partial charge is 0.221 e. The molecule has 0 spiro atoms. The summed E-state index contributed by atoms with van der Waals surface area (Å²) >= 11 is 0. The Morgan fingerprint density at radius 3 is 2.38 bits per heavy atom. The molecule has 1 heterocycles. The third-order valence-corrected chi connectivity index (χ3v) is 4.21. The van der Waals surface area contributed by atoms with E-state index in [1.807, 2.05) is 6.07 Å². The van der Waals surface area contributed by atoms with E-state index in [0.29, 0.717) is 13.0 Å². The van der Waals surface area contributed by atoms with Crippen molar-refractivity contribution in [1.29, 1.82) is 0 Å². The van der Waals surface area contributed by atoms with Gasteiger partial charge < -0.3 is 20.4 Å². The van der Waals surface area contributed by atoms with E-state index in [1.165, 1.54) is 5.69 Å². The number of amides is 1. The first kappa shape index (κ1) is 22.5. The molecule has 146 valence electrons. The maximum absolute atomic E-state index is 11.7. The fourth-order valence-electron chi connectivity index (χ4n) is 2.86. The minimum atomic E-state index is 0. The fourth-order valence-corrected chi connectivity index (χ4v) is 2.86. The number of benzene rings is 1. The molecule has 0 aliphatic carbocycles. The minimum absolute atomic E-state index is 0. The molecule has 26 heavy (non-hydrogen) atoms. The van der Waals surface area contributed by atoms with Crippen LogP contribution in [0.2, 0.25) is 0 Å². The number of guanidine groups is 1. The number of nitrogens with zero attached hydrogens (tertiary/aromatic N) is 3. The highest BCUT2D eigenvalue weighted by Crippen LogP contribution is 2.15. The van der Waals surface area contributed by atoms with E-state index in [-0.39, 0.29) is 29.9 Å². The Hall–Kier alpha value is -1.51. The second-order valence-electron chi connectivity index (χ2n) is 6.15. The molecule has 1 saturated heterocycles. The van der Waals surface area contributed by atoms with Gasteiger partial charge in [0.1, 0.15) is 0 Å². The van der Waals surface area contributed by atoms with Gasteiger partial charge in [-0.05, 0) is 25.5 Å². The van der Waals surface area contributed by atoms with Crippen LogP contribution in [0, 0.1) is 0 Å². The average Bonchev–Trinajstić information content (AvgIpc) is 2.66. The molecule has 6 nitrogen and oxygen atoms in total. The van der Waals surface area contributed by atoms with Crippen molar-refractivity contribution < 1.29 is 4.79 Å². The van der Waals surface area contributed by atoms with Crippen molar-refractivity contribution in [2.75, 3.05) is 50.7 Å². The molecule has 0 radical (unpaired) electrons. The van der Waals surface area contributed by atoms with Crippen LogP contribution in [0.1, 0.15) is 26.7 Å². The Labute approximate surface area is 174 Å². The Morgan fingerprint density at radius 2 is 1.77 bits per heavy atom. The highest BCUT2D eigenvalue weighted by Gasteiger charge is 2.19. The molecule has 1 aliphatic heterocycles. The summed E-state index contributed by atoms with van der Waals surface area (Å²) in [6.45, 7) is 10.0. The molecule has 1 aliphatic rings. The molecule has 1 aromatic carbocycles. The molecular formula is C19H32IN5O. The second kappa shape index (κ2) is 12.8. The van der Waals surface area contributed by atoms with Crippen LogP contribution in [-0.2, 0) is 4.79 Å². The molecule has 1 fully saturated rings. The number of rotatable bonds is 7. The van der Waals surface area contributed by atoms with Crippen LogP contribution in [0.5, 0.6) is 0 Å². The summed E-state index contributed by atoms with van der Waals surface area (Å²) in [6.07, 6.45) is 1.40. The van der Waals surface area contributed by atoms with Crippen LogP contribution in [-0.4, -0.2) is 62.6 Å². The molecule has 1 aromatic rings. The molecule has 1 amide bonds. The van der Waals surface area contributed by atoms with Gasteiger partial charge >= 0.3 is 0 Å². The number of carbonyl (C=O) groups excluding carboxylic acids is 1. The van der Waals surface area contributed by atoms with Crippen molar-refractivity contribution in [3.05, 3.63) is 30.3 Å². The number of anilines is 1. The number of hydrogen-bond acceptors (Lipinski definition) is 3. The average molecular weight is 473 g/mol. The first-order valence-electron chi connectivity index (χ1n) is 9.34. The fraction of sp³-hybridized carbons (Fsp3) is 0.579. The summed E-state index contributed by atoms with van der Waals surface area (Å²) in [4.78, 5) is 21.0. The Balaban J connectivity index is 0.00000338. The Morgan fingerprint density at radius 1 is 1.08 bits per heavy atom. The predicted octanol–water partition coefficient (Wildman–Crippen LogP) is 2.31. The maximum Gasteiger partial charge on any atom is 0.221 e. The van der Waals surface area contributed by atoms with Gasteiger partial charge in [0, 0.05) is 51.4 Å². The van der Waals surface area contributed by atoms with Crippen molar-refractivity contribution in [3.8, 4) is 0 Å². The third kappa shape index (κ3) is 7.39. The van der Waals surface area contributed by atoms with Crippen molar-refractivity contribution in [3.63, 3.8) is 0 Å². The molecular weight excluding hydrogens is 441 g/mol. The maximum atomic E-state index is 11.7. The van der Waals surface area contributed by atoms with E-state index in [0.717, 1.165) is 51.6 Å². The van der Waals surface area contributed by atoms with Gasteiger partial charge in [0.05, 0.1) is 6.54 Å². The van der Waals surface area contributed by atoms with Crippen LogP contribution in [0.15, 0.2) is 35.3 Å². The van der Waals surface area contributed by atoms with E-state index >= 15 is 0 Å². The van der Waals surface area contributed by atoms with Crippen molar-refractivity contribution in [1.82, 2.24) is 15.5 Å². The molecule has 0 saturated carbocycles. The van der Waals surface area contributed by atoms with E-state index in [4.69, 9.17) is 0 Å². The van der Waals surface area contributed by atoms with Crippen LogP contribution in [0.25, 0.3) is 0 Å². The van der Waals surface area contributed by atoms with Crippen LogP contribution in [0.3, 0.4) is 0 Å². The van der Waals surface area contributed by atoms with Gasteiger partial charge in [0.25, 0.3) is 0 Å². The number of aliphatic imine (C=N–C) groups is 1. The SMILES string of the molecule is CCCNC(=O)CCN=C(NCC)N1CCN(c2ccccc2)CC1.I. The van der Waals surface area contributed by atoms with Gasteiger partial charge in [-0.3, -0.25) is 9.79 Å². The van der Waals surface area contributed by atoms with Gasteiger partial charge in [0.2, 0.25) is 5.91 Å². The van der Waals surface area contributed by atoms with Gasteiger partial charge in [-0.25, -0.2) is 0 Å². The Bertz CT molecular complexity index is 544. The zero-order chi connectivity index (χ0) is 17.9. The van der Waals surface area contributed by atoms with E-state index in [9.17, 15) is 4.79 Å². The number of carbonyl (C=O) groups is 1. The zero-order valence-electron chi connectivity index (χ0n) is 15.9. The number of halogens is 1. The number of piperazine rings is 1. The lowest BCUT2D eigenvalue weighted by atomic mass is 10.2. The van der Waals surface area contributed by atoms with Gasteiger partial charge in [-0.1, -0.05) is 25.1 Å². The van der Waals surface area contributed by atoms with Crippen LogP contribution in [0.4, 0.5) is 5.69 Å². The largest absolute Gasteiger partial charge is 0.368 e. The lowest BCUT2D eigenvalue weighted by molar-refractivity contribution is -0.120. The third-order valence-electron chi connectivity index (χ3n) is 4.21. The first-order chi connectivity index (χ1) is 12.2. The topological polar surface area (TPSA) is 60.0 Å². The highest BCUT2D eigenvalue weighted by atomic mass is 127. The standard InChI is InChI=1S/C19H31N5O.HI/c1-3-11-21-18(25)10-12-22-19(20-4-2)24-15-13-23(14-16-24)17-8-6-5-7-9-17;/h5-9H,3-4,10-16H2,1-2H3,(H,20,22)(H,21,25);1H. The van der Waals surface area contributed by atoms with E-state index in [1.54, 1.807) is 0 Å². The van der Waals surface area contributed by atoms with Crippen molar-refractivity contribution >= 4 is 41.5 Å². The number of nitrogens with one attached hydrogen (secondary N) is 2. The van der Waals surface area contributed by atoms with Gasteiger partial charge in [-0.15, -0.1) is 24.0 Å². The summed E-state index contributed by atoms with van der Waals surface area (Å²) in [5.41, 5.74) is 1.27. The lowest BCUT2D eigenvalue weighted by Gasteiger charge is -2.37. The quantitative estimate of drug-likeness (QED) is 0.363. The predicted molar refractivity (Wildman–Crippen MR) is 120 cm³/mol.